The zero-order valence-electron chi connectivity index (χ0n) is 9.37. The lowest BCUT2D eigenvalue weighted by molar-refractivity contribution is -0.142. The summed E-state index contributed by atoms with van der Waals surface area (Å²) < 4.78 is 31.0. The predicted octanol–water partition coefficient (Wildman–Crippen LogP) is 2.33. The fourth-order valence-electron chi connectivity index (χ4n) is 1.70. The Balaban J connectivity index is 2.16. The average molecular weight is 241 g/mol. The quantitative estimate of drug-likeness (QED) is 0.822. The van der Waals surface area contributed by atoms with Crippen LogP contribution in [0.25, 0.3) is 0 Å². The SMILES string of the molecule is COC(=O)C(Nc1cc(F)ccc1F)C1CC1. The molecule has 0 aliphatic heterocycles. The minimum atomic E-state index is -0.601. The summed E-state index contributed by atoms with van der Waals surface area (Å²) in [4.78, 5) is 11.5. The van der Waals surface area contributed by atoms with Crippen molar-refractivity contribution in [2.24, 2.45) is 5.92 Å². The van der Waals surface area contributed by atoms with Crippen molar-refractivity contribution in [3.05, 3.63) is 29.8 Å². The van der Waals surface area contributed by atoms with Crippen LogP contribution < -0.4 is 5.32 Å². The summed E-state index contributed by atoms with van der Waals surface area (Å²) in [6.07, 6.45) is 1.79. The molecule has 17 heavy (non-hydrogen) atoms. The molecule has 1 N–H and O–H groups in total. The van der Waals surface area contributed by atoms with Gasteiger partial charge in [0, 0.05) is 0 Å². The Morgan fingerprint density at radius 2 is 2.18 bits per heavy atom. The van der Waals surface area contributed by atoms with Crippen molar-refractivity contribution in [2.45, 2.75) is 18.9 Å². The first-order valence-electron chi connectivity index (χ1n) is 5.41. The van der Waals surface area contributed by atoms with Gasteiger partial charge < -0.3 is 10.1 Å². The third kappa shape index (κ3) is 2.72. The van der Waals surface area contributed by atoms with E-state index in [9.17, 15) is 13.6 Å². The number of hydrogen-bond donors (Lipinski definition) is 1. The van der Waals surface area contributed by atoms with Crippen LogP contribution >= 0.6 is 0 Å². The number of methoxy groups -OCH3 is 1. The van der Waals surface area contributed by atoms with Crippen LogP contribution in [0.15, 0.2) is 18.2 Å². The summed E-state index contributed by atoms with van der Waals surface area (Å²) in [5, 5.41) is 2.71. The first kappa shape index (κ1) is 11.8. The Bertz CT molecular complexity index is 433. The molecule has 1 fully saturated rings. The topological polar surface area (TPSA) is 38.3 Å². The summed E-state index contributed by atoms with van der Waals surface area (Å²) in [6, 6.07) is 2.49. The molecule has 0 aromatic heterocycles. The van der Waals surface area contributed by atoms with Gasteiger partial charge in [0.1, 0.15) is 17.7 Å². The number of esters is 1. The Kier molecular flexibility index (Phi) is 3.26. The lowest BCUT2D eigenvalue weighted by Crippen LogP contribution is -2.33. The van der Waals surface area contributed by atoms with Crippen molar-refractivity contribution >= 4 is 11.7 Å². The van der Waals surface area contributed by atoms with Gasteiger partial charge in [-0.25, -0.2) is 13.6 Å². The second kappa shape index (κ2) is 4.69. The summed E-state index contributed by atoms with van der Waals surface area (Å²) in [5.74, 6) is -1.43. The monoisotopic (exact) mass is 241 g/mol. The van der Waals surface area contributed by atoms with Crippen molar-refractivity contribution in [1.82, 2.24) is 0 Å². The van der Waals surface area contributed by atoms with Gasteiger partial charge in [-0.05, 0) is 37.0 Å². The van der Waals surface area contributed by atoms with Gasteiger partial charge >= 0.3 is 5.97 Å². The van der Waals surface area contributed by atoms with Crippen molar-refractivity contribution < 1.29 is 18.3 Å². The molecule has 1 saturated carbocycles. The molecule has 0 radical (unpaired) electrons. The molecular formula is C12H13F2NO2. The van der Waals surface area contributed by atoms with E-state index in [2.05, 4.69) is 10.1 Å². The molecule has 0 bridgehead atoms. The minimum Gasteiger partial charge on any atom is -0.467 e. The third-order valence-electron chi connectivity index (χ3n) is 2.79. The Morgan fingerprint density at radius 3 is 2.76 bits per heavy atom. The fraction of sp³-hybridized carbons (Fsp3) is 0.417. The number of benzene rings is 1. The normalized spacial score (nSPS) is 16.4. The van der Waals surface area contributed by atoms with Gasteiger partial charge in [-0.3, -0.25) is 0 Å². The van der Waals surface area contributed by atoms with E-state index < -0.39 is 23.6 Å². The lowest BCUT2D eigenvalue weighted by Gasteiger charge is -2.17. The maximum atomic E-state index is 13.4. The number of hydrogen-bond acceptors (Lipinski definition) is 3. The van der Waals surface area contributed by atoms with E-state index in [1.165, 1.54) is 7.11 Å². The number of nitrogens with one attached hydrogen (secondary N) is 1. The Labute approximate surface area is 97.8 Å². The number of ether oxygens (including phenoxy) is 1. The molecule has 1 atom stereocenters. The predicted molar refractivity (Wildman–Crippen MR) is 58.5 cm³/mol. The summed E-state index contributed by atoms with van der Waals surface area (Å²) >= 11 is 0. The van der Waals surface area contributed by atoms with Gasteiger partial charge in [0.15, 0.2) is 0 Å². The molecule has 0 heterocycles. The average Bonchev–Trinajstić information content (AvgIpc) is 3.13. The molecule has 1 unspecified atom stereocenters. The standard InChI is InChI=1S/C12H13F2NO2/c1-17-12(16)11(7-2-3-7)15-10-6-8(13)4-5-9(10)14/h4-7,11,15H,2-3H2,1H3. The highest BCUT2D eigenvalue weighted by atomic mass is 19.1. The van der Waals surface area contributed by atoms with E-state index in [1.807, 2.05) is 0 Å². The van der Waals surface area contributed by atoms with Crippen LogP contribution in [0.5, 0.6) is 0 Å². The highest BCUT2D eigenvalue weighted by Gasteiger charge is 2.37. The van der Waals surface area contributed by atoms with E-state index in [1.54, 1.807) is 0 Å². The second-order valence-electron chi connectivity index (χ2n) is 4.11. The maximum absolute atomic E-state index is 13.4. The van der Waals surface area contributed by atoms with Gasteiger partial charge in [0.25, 0.3) is 0 Å². The largest absolute Gasteiger partial charge is 0.467 e. The first-order chi connectivity index (χ1) is 8.11. The van der Waals surface area contributed by atoms with Crippen LogP contribution in [-0.2, 0) is 9.53 Å². The number of carbonyl (C=O) groups is 1. The zero-order valence-corrected chi connectivity index (χ0v) is 9.37. The van der Waals surface area contributed by atoms with E-state index in [4.69, 9.17) is 0 Å². The van der Waals surface area contributed by atoms with Crippen LogP contribution in [0.3, 0.4) is 0 Å². The summed E-state index contributed by atoms with van der Waals surface area (Å²) in [6.45, 7) is 0. The molecule has 2 rings (SSSR count). The van der Waals surface area contributed by atoms with Crippen molar-refractivity contribution in [3.63, 3.8) is 0 Å². The van der Waals surface area contributed by atoms with Crippen LogP contribution in [-0.4, -0.2) is 19.1 Å². The molecular weight excluding hydrogens is 228 g/mol. The molecule has 0 spiro atoms. The minimum absolute atomic E-state index is 0.00713. The van der Waals surface area contributed by atoms with E-state index in [-0.39, 0.29) is 11.6 Å². The van der Waals surface area contributed by atoms with E-state index in [0.717, 1.165) is 31.0 Å². The number of halogens is 2. The van der Waals surface area contributed by atoms with Crippen LogP contribution in [0.2, 0.25) is 0 Å². The number of anilines is 1. The molecule has 0 saturated heterocycles. The molecule has 1 aliphatic rings. The zero-order chi connectivity index (χ0) is 12.4. The van der Waals surface area contributed by atoms with E-state index in [0.29, 0.717) is 0 Å². The molecule has 1 aromatic carbocycles. The Morgan fingerprint density at radius 1 is 1.47 bits per heavy atom. The number of rotatable bonds is 4. The molecule has 5 heteroatoms. The number of carbonyl (C=O) groups excluding carboxylic acids is 1. The van der Waals surface area contributed by atoms with Gasteiger partial charge in [-0.2, -0.15) is 0 Å². The van der Waals surface area contributed by atoms with Crippen molar-refractivity contribution in [1.29, 1.82) is 0 Å². The smallest absolute Gasteiger partial charge is 0.328 e. The Hall–Kier alpha value is -1.65. The lowest BCUT2D eigenvalue weighted by atomic mass is 10.1. The highest BCUT2D eigenvalue weighted by Crippen LogP contribution is 2.35. The fourth-order valence-corrected chi connectivity index (χ4v) is 1.70. The molecule has 1 aromatic rings. The van der Waals surface area contributed by atoms with Gasteiger partial charge in [0.05, 0.1) is 12.8 Å². The molecule has 1 aliphatic carbocycles. The maximum Gasteiger partial charge on any atom is 0.328 e. The van der Waals surface area contributed by atoms with Gasteiger partial charge in [-0.15, -0.1) is 0 Å². The summed E-state index contributed by atoms with van der Waals surface area (Å²) in [7, 11) is 1.28. The van der Waals surface area contributed by atoms with E-state index >= 15 is 0 Å². The molecule has 92 valence electrons. The first-order valence-corrected chi connectivity index (χ1v) is 5.41. The van der Waals surface area contributed by atoms with Crippen molar-refractivity contribution in [2.75, 3.05) is 12.4 Å². The molecule has 3 nitrogen and oxygen atoms in total. The van der Waals surface area contributed by atoms with Crippen molar-refractivity contribution in [3.8, 4) is 0 Å². The van der Waals surface area contributed by atoms with Crippen LogP contribution in [0, 0.1) is 17.6 Å². The molecule has 0 amide bonds. The van der Waals surface area contributed by atoms with Gasteiger partial charge in [-0.1, -0.05) is 0 Å². The second-order valence-corrected chi connectivity index (χ2v) is 4.11. The third-order valence-corrected chi connectivity index (χ3v) is 2.79. The highest BCUT2D eigenvalue weighted by molar-refractivity contribution is 5.80. The van der Waals surface area contributed by atoms with Crippen LogP contribution in [0.4, 0.5) is 14.5 Å². The van der Waals surface area contributed by atoms with Gasteiger partial charge in [0.2, 0.25) is 0 Å². The summed E-state index contributed by atoms with van der Waals surface area (Å²) in [5.41, 5.74) is -0.00713. The van der Waals surface area contributed by atoms with Crippen LogP contribution in [0.1, 0.15) is 12.8 Å².